The van der Waals surface area contributed by atoms with Crippen molar-refractivity contribution in [2.24, 2.45) is 5.92 Å². The van der Waals surface area contributed by atoms with Crippen LogP contribution in [0.25, 0.3) is 0 Å². The molecule has 1 fully saturated rings. The summed E-state index contributed by atoms with van der Waals surface area (Å²) in [7, 11) is 1.57. The Hall–Kier alpha value is -3.62. The van der Waals surface area contributed by atoms with Gasteiger partial charge in [-0.05, 0) is 68.7 Å². The number of aryl methyl sites for hydroxylation is 1. The molecular formula is C36H48N4O4. The molecule has 1 aromatic heterocycles. The van der Waals surface area contributed by atoms with Crippen molar-refractivity contribution in [3.63, 3.8) is 0 Å². The largest absolute Gasteiger partial charge is 0.487 e. The zero-order valence-corrected chi connectivity index (χ0v) is 26.8. The third kappa shape index (κ3) is 7.90. The Bertz CT molecular complexity index is 1410. The van der Waals surface area contributed by atoms with Crippen LogP contribution in [0, 0.1) is 5.92 Å². The maximum atomic E-state index is 13.8. The number of anilines is 1. The number of fused-ring (bicyclic) bond motifs is 1. The molecule has 2 aliphatic heterocycles. The molecule has 0 unspecified atom stereocenters. The molecule has 8 heteroatoms. The second-order valence-corrected chi connectivity index (χ2v) is 13.0. The van der Waals surface area contributed by atoms with Gasteiger partial charge in [-0.25, -0.2) is 0 Å². The number of rotatable bonds is 11. The van der Waals surface area contributed by atoms with Crippen LogP contribution in [0.15, 0.2) is 60.7 Å². The average Bonchev–Trinajstić information content (AvgIpc) is 3.02. The Labute approximate surface area is 262 Å². The summed E-state index contributed by atoms with van der Waals surface area (Å²) >= 11 is 0. The molecule has 0 bridgehead atoms. The highest BCUT2D eigenvalue weighted by Crippen LogP contribution is 2.40. The molecule has 3 N–H and O–H groups in total. The van der Waals surface area contributed by atoms with Crippen LogP contribution < -0.4 is 25.0 Å². The zero-order chi connectivity index (χ0) is 31.3. The summed E-state index contributed by atoms with van der Waals surface area (Å²) in [5.41, 5.74) is 3.53. The second-order valence-electron chi connectivity index (χ2n) is 13.0. The second kappa shape index (κ2) is 14.0. The molecule has 44 heavy (non-hydrogen) atoms. The highest BCUT2D eigenvalue weighted by atomic mass is 16.5. The first-order valence-corrected chi connectivity index (χ1v) is 16.0. The molecule has 236 valence electrons. The summed E-state index contributed by atoms with van der Waals surface area (Å²) in [6.45, 7) is 10.7. The number of methoxy groups -OCH3 is 1. The topological polar surface area (TPSA) is 96.0 Å². The molecular weight excluding hydrogens is 552 g/mol. The lowest BCUT2D eigenvalue weighted by Gasteiger charge is -2.39. The van der Waals surface area contributed by atoms with Gasteiger partial charge in [0.05, 0.1) is 19.3 Å². The van der Waals surface area contributed by atoms with E-state index in [1.165, 1.54) is 12.0 Å². The Morgan fingerprint density at radius 1 is 1.16 bits per heavy atom. The number of nitrogens with zero attached hydrogens (tertiary/aromatic N) is 2. The molecule has 3 heterocycles. The van der Waals surface area contributed by atoms with Crippen molar-refractivity contribution in [2.75, 3.05) is 31.6 Å². The van der Waals surface area contributed by atoms with Gasteiger partial charge in [0.1, 0.15) is 17.2 Å². The van der Waals surface area contributed by atoms with Gasteiger partial charge in [-0.15, -0.1) is 0 Å². The van der Waals surface area contributed by atoms with Crippen LogP contribution in [0.3, 0.4) is 0 Å². The van der Waals surface area contributed by atoms with Crippen molar-refractivity contribution in [3.05, 3.63) is 82.9 Å². The first-order valence-electron chi connectivity index (χ1n) is 16.0. The van der Waals surface area contributed by atoms with E-state index in [1.54, 1.807) is 13.2 Å². The fourth-order valence-corrected chi connectivity index (χ4v) is 6.40. The molecule has 0 saturated carbocycles. The van der Waals surface area contributed by atoms with Crippen LogP contribution in [0.2, 0.25) is 0 Å². The van der Waals surface area contributed by atoms with Crippen molar-refractivity contribution in [2.45, 2.75) is 83.6 Å². The number of aromatic nitrogens is 1. The van der Waals surface area contributed by atoms with E-state index in [-0.39, 0.29) is 17.6 Å². The number of amides is 1. The predicted octanol–water partition coefficient (Wildman–Crippen LogP) is 5.48. The first-order chi connectivity index (χ1) is 21.1. The van der Waals surface area contributed by atoms with E-state index in [4.69, 9.17) is 9.47 Å². The van der Waals surface area contributed by atoms with E-state index in [2.05, 4.69) is 66.4 Å². The van der Waals surface area contributed by atoms with Gasteiger partial charge in [-0.2, -0.15) is 4.98 Å². The number of benzene rings is 2. The van der Waals surface area contributed by atoms with Crippen molar-refractivity contribution < 1.29 is 19.4 Å². The molecule has 2 aromatic carbocycles. The fraction of sp³-hybridized carbons (Fsp3) is 0.500. The van der Waals surface area contributed by atoms with E-state index in [1.807, 2.05) is 36.4 Å². The number of pyridine rings is 1. The average molecular weight is 601 g/mol. The maximum absolute atomic E-state index is 13.8. The lowest BCUT2D eigenvalue weighted by atomic mass is 9.88. The molecule has 5 rings (SSSR count). The predicted molar refractivity (Wildman–Crippen MR) is 175 cm³/mol. The van der Waals surface area contributed by atoms with Gasteiger partial charge in [0.25, 0.3) is 5.91 Å². The third-order valence-corrected chi connectivity index (χ3v) is 8.83. The Morgan fingerprint density at radius 2 is 1.95 bits per heavy atom. The van der Waals surface area contributed by atoms with Crippen LogP contribution in [0.4, 0.5) is 5.82 Å². The number of aliphatic hydroxyl groups excluding tert-OH is 1. The number of ether oxygens (including phenoxy) is 2. The molecule has 0 aliphatic carbocycles. The van der Waals surface area contributed by atoms with Crippen molar-refractivity contribution in [1.82, 2.24) is 15.6 Å². The van der Waals surface area contributed by atoms with Crippen molar-refractivity contribution in [1.29, 1.82) is 0 Å². The van der Waals surface area contributed by atoms with Crippen molar-refractivity contribution in [3.8, 4) is 11.6 Å². The molecule has 1 saturated heterocycles. The molecule has 1 amide bonds. The number of carbonyl (C=O) groups excluding carboxylic acids is 1. The lowest BCUT2D eigenvalue weighted by molar-refractivity contribution is 0.0582. The summed E-state index contributed by atoms with van der Waals surface area (Å²) in [6.07, 6.45) is 3.64. The van der Waals surface area contributed by atoms with Gasteiger partial charge in [-0.3, -0.25) is 4.79 Å². The smallest absolute Gasteiger partial charge is 0.251 e. The quantitative estimate of drug-likeness (QED) is 0.268. The molecule has 2 aliphatic rings. The molecule has 4 atom stereocenters. The van der Waals surface area contributed by atoms with Crippen LogP contribution in [0.5, 0.6) is 11.6 Å². The summed E-state index contributed by atoms with van der Waals surface area (Å²) in [4.78, 5) is 20.7. The highest BCUT2D eigenvalue weighted by Gasteiger charge is 2.34. The minimum absolute atomic E-state index is 0.0157. The standard InChI is InChI=1S/C36H48N4O4/c1-6-25-14-15-32-28(17-25)30(21-36(3,4)44-32)37-22-31(41)29(18-26-12-8-7-9-13-26)38-35(42)27-19-33(39-34(20-27)43-5)40-16-10-11-24(2)23-40/h7-9,12-15,17,19-20,24,29-31,37,41H,6,10-11,16,18,21-23H2,1-5H3,(H,38,42)/t24-,29-,30-,31+/m0/s1. The van der Waals surface area contributed by atoms with Gasteiger partial charge in [0.2, 0.25) is 5.88 Å². The minimum atomic E-state index is -0.839. The van der Waals surface area contributed by atoms with Gasteiger partial charge < -0.3 is 30.1 Å². The monoisotopic (exact) mass is 600 g/mol. The van der Waals surface area contributed by atoms with E-state index in [9.17, 15) is 9.90 Å². The molecule has 8 nitrogen and oxygen atoms in total. The van der Waals surface area contributed by atoms with E-state index >= 15 is 0 Å². The SMILES string of the molecule is CCc1ccc2c(c1)[C@@H](NC[C@@H](O)[C@H](Cc1ccccc1)NC(=O)c1cc(OC)nc(N3CCC[C@H](C)C3)c1)CC(C)(C)O2. The maximum Gasteiger partial charge on any atom is 0.251 e. The Morgan fingerprint density at radius 3 is 2.68 bits per heavy atom. The van der Waals surface area contributed by atoms with Crippen LogP contribution in [-0.4, -0.2) is 60.5 Å². The Kier molecular flexibility index (Phi) is 10.1. The first kappa shape index (κ1) is 31.8. The van der Waals surface area contributed by atoms with Gasteiger partial charge >= 0.3 is 0 Å². The summed E-state index contributed by atoms with van der Waals surface area (Å²) in [5, 5.41) is 18.4. The number of carbonyl (C=O) groups is 1. The summed E-state index contributed by atoms with van der Waals surface area (Å²) in [6, 6.07) is 19.3. The third-order valence-electron chi connectivity index (χ3n) is 8.83. The number of hydrogen-bond acceptors (Lipinski definition) is 7. The fourth-order valence-electron chi connectivity index (χ4n) is 6.40. The normalized spacial score (nSPS) is 20.6. The van der Waals surface area contributed by atoms with Gasteiger partial charge in [0.15, 0.2) is 0 Å². The Balaban J connectivity index is 1.35. The molecule has 3 aromatic rings. The zero-order valence-electron chi connectivity index (χ0n) is 26.8. The van der Waals surface area contributed by atoms with Crippen LogP contribution in [0.1, 0.15) is 80.0 Å². The van der Waals surface area contributed by atoms with Gasteiger partial charge in [-0.1, -0.05) is 56.3 Å². The highest BCUT2D eigenvalue weighted by molar-refractivity contribution is 5.95. The van der Waals surface area contributed by atoms with Crippen LogP contribution >= 0.6 is 0 Å². The number of aliphatic hydroxyl groups is 1. The van der Waals surface area contributed by atoms with E-state index in [0.29, 0.717) is 30.3 Å². The number of piperidine rings is 1. The summed E-state index contributed by atoms with van der Waals surface area (Å²) < 4.78 is 11.8. The summed E-state index contributed by atoms with van der Waals surface area (Å²) in [5.74, 6) is 2.33. The van der Waals surface area contributed by atoms with E-state index in [0.717, 1.165) is 55.0 Å². The molecule has 0 spiro atoms. The number of nitrogens with one attached hydrogen (secondary N) is 2. The number of hydrogen-bond donors (Lipinski definition) is 3. The van der Waals surface area contributed by atoms with Crippen molar-refractivity contribution >= 4 is 11.7 Å². The molecule has 0 radical (unpaired) electrons. The van der Waals surface area contributed by atoms with E-state index < -0.39 is 12.1 Å². The lowest BCUT2D eigenvalue weighted by Crippen LogP contribution is -2.50. The van der Waals surface area contributed by atoms with Crippen LogP contribution in [-0.2, 0) is 12.8 Å². The minimum Gasteiger partial charge on any atom is -0.487 e. The van der Waals surface area contributed by atoms with Gasteiger partial charge in [0, 0.05) is 49.3 Å².